The van der Waals surface area contributed by atoms with Crippen molar-refractivity contribution in [2.24, 2.45) is 28.2 Å². The minimum absolute atomic E-state index is 0. The summed E-state index contributed by atoms with van der Waals surface area (Å²) >= 11 is 0. The predicted octanol–water partition coefficient (Wildman–Crippen LogP) is 7.48. The number of ether oxygens (including phenoxy) is 8. The van der Waals surface area contributed by atoms with Crippen LogP contribution in [0.15, 0.2) is 342 Å². The molecule has 8 aromatic carbocycles. The first-order valence-electron chi connectivity index (χ1n) is 44.2. The molecule has 0 N–H and O–H groups in total. The number of hydrogen-bond acceptors (Lipinski definition) is 24. The van der Waals surface area contributed by atoms with Gasteiger partial charge in [-0.2, -0.15) is 0 Å². The van der Waals surface area contributed by atoms with Crippen molar-refractivity contribution < 1.29 is 191 Å². The Kier molecular flexibility index (Phi) is 28.7. The standard InChI is InChI=1S/C56H40N12O4.C52H28N12O4.4HI.2Zn/c1-65-25-9-13-33(29-65)69-41-21-5-17-37-45(41)53-57-49(37)62-54-47-39(19-7-23-43(47)71-35-15-11-27-67(3)31-35)51(59-54)64-56-48-40(20-8-24-44(48)72-36-16-12-28-68(4)32-36)52(60-56)63-55-46-38(50(58-55)61-53)18-6-22-42(46)70-34-14-10-26-66(2)30-34;1-13-33-41(37(17-1)65-29-9-5-21-53-25-29)49-57-45(33)61-50-42-34(14-2-18-38(42)66-30-10-6-22-54-26-30)47(58-50)63-52-44-36(16-4-20-40(44)68-32-12-8-24-56-28-32)48(60-52)64-51-43-35(46(59-51)62-49)15-3-19-39(43)67-31-11-7-23-55-27-31;;;;;;/h5-32H,1-4H3;1-28H;4*1H;;/q+2;-2;;;;;2*+2/p-4. The molecule has 0 aliphatic carbocycles. The van der Waals surface area contributed by atoms with Gasteiger partial charge in [-0.15, -0.1) is 0 Å². The average Bonchev–Trinajstić information content (AvgIpc) is 1.59. The number of hydrogen-bond donors (Lipinski definition) is 0. The van der Waals surface area contributed by atoms with E-state index in [1.807, 2.05) is 314 Å². The van der Waals surface area contributed by atoms with Crippen LogP contribution < -0.4 is 172 Å². The molecule has 4 aliphatic rings. The Morgan fingerprint density at radius 3 is 0.623 bits per heavy atom. The fraction of sp³-hybridized carbons (Fsp3) is 0.0370. The van der Waals surface area contributed by atoms with Crippen molar-refractivity contribution in [3.8, 4) is 183 Å². The molecule has 14 aromatic heterocycles. The molecule has 0 radical (unpaired) electrons. The summed E-state index contributed by atoms with van der Waals surface area (Å²) < 4.78 is 60.3. The predicted molar refractivity (Wildman–Crippen MR) is 516 cm³/mol. The second kappa shape index (κ2) is 42.3. The first-order valence-corrected chi connectivity index (χ1v) is 44.2. The molecule has 700 valence electrons. The van der Waals surface area contributed by atoms with Crippen molar-refractivity contribution in [1.82, 2.24) is 99.7 Å². The van der Waals surface area contributed by atoms with Crippen LogP contribution in [0.2, 0.25) is 0 Å². The van der Waals surface area contributed by atoms with Crippen molar-refractivity contribution in [3.05, 3.63) is 342 Å². The molecule has 22 aromatic rings. The van der Waals surface area contributed by atoms with Crippen molar-refractivity contribution in [2.75, 3.05) is 0 Å². The molecule has 16 bridgehead atoms. The molecule has 32 nitrogen and oxygen atoms in total. The fourth-order valence-corrected chi connectivity index (χ4v) is 17.3. The molecule has 4 aliphatic heterocycles. The van der Waals surface area contributed by atoms with Gasteiger partial charge in [0, 0.05) is 138 Å². The smallest absolute Gasteiger partial charge is 1.00 e. The summed E-state index contributed by atoms with van der Waals surface area (Å²) in [6.07, 6.45) is 28.6. The second-order valence-electron chi connectivity index (χ2n) is 32.8. The fourth-order valence-electron chi connectivity index (χ4n) is 17.3. The minimum atomic E-state index is 0. The SMILES string of the molecule is C[n+]1cccc(Oc2cccc3c2-c2nc-3nc3[n-]c(nc4nc(nc5[n-]c(n2)c2cccc(Oc6ccc[n+](C)c6)c52)-c2cccc(Oc5ccc[n+](C)c5)c2-4)c2cccc(Oc4ccc[n+](C)c4)c32)c1.[I-].[I-].[I-].[I-].[Zn+2].[Zn+2].c1cncc(Oc2cccc3c2-c2nc-3nc3[n-]c(nc4nc(nc5[n-]c(n2)c2cccc(Oc6cccnc6)c52)-c2cccc(Oc5cccnc5)c2-4)c2cccc(Oc4cccnc4)c32)c1. The van der Waals surface area contributed by atoms with E-state index in [0.717, 1.165) is 0 Å². The number of aryl methyl sites for hydroxylation is 4. The van der Waals surface area contributed by atoms with E-state index in [1.54, 1.807) is 73.8 Å². The van der Waals surface area contributed by atoms with Gasteiger partial charge in [-0.25, -0.2) is 38.2 Å². The maximum Gasteiger partial charge on any atom is 2.00 e. The van der Waals surface area contributed by atoms with E-state index in [4.69, 9.17) is 118 Å². The van der Waals surface area contributed by atoms with Crippen molar-refractivity contribution in [2.45, 2.75) is 0 Å². The molecule has 26 rings (SSSR count). The van der Waals surface area contributed by atoms with Crippen LogP contribution in [-0.4, -0.2) is 79.7 Å². The number of nitrogens with zero attached hydrogens (tertiary/aromatic N) is 24. The Hall–Kier alpha value is -15.8. The Morgan fingerprint density at radius 2 is 0.397 bits per heavy atom. The summed E-state index contributed by atoms with van der Waals surface area (Å²) in [7, 11) is 7.76. The minimum Gasteiger partial charge on any atom is -1.00 e. The Morgan fingerprint density at radius 1 is 0.199 bits per heavy atom. The number of aromatic nitrogens is 24. The molecule has 0 unspecified atom stereocenters. The van der Waals surface area contributed by atoms with E-state index >= 15 is 0 Å². The number of rotatable bonds is 16. The topological polar surface area (TPSA) is 352 Å². The van der Waals surface area contributed by atoms with Crippen LogP contribution in [0.5, 0.6) is 92.0 Å². The van der Waals surface area contributed by atoms with Crippen LogP contribution in [-0.2, 0) is 67.1 Å². The molecule has 0 saturated carbocycles. The van der Waals surface area contributed by atoms with Gasteiger partial charge in [0.1, 0.15) is 97.2 Å². The van der Waals surface area contributed by atoms with Crippen LogP contribution in [0.4, 0.5) is 0 Å². The number of fused-ring (bicyclic) bond motifs is 40. The maximum absolute atomic E-state index is 6.65. The van der Waals surface area contributed by atoms with E-state index in [1.165, 1.54) is 0 Å². The summed E-state index contributed by atoms with van der Waals surface area (Å²) in [5.41, 5.74) is 7.58. The molecule has 18 heterocycles. The van der Waals surface area contributed by atoms with Crippen molar-refractivity contribution >= 4 is 88.3 Å². The summed E-state index contributed by atoms with van der Waals surface area (Å²) in [4.78, 5) is 100. The third-order valence-electron chi connectivity index (χ3n) is 23.3. The molecule has 38 heteroatoms. The van der Waals surface area contributed by atoms with Crippen LogP contribution >= 0.6 is 0 Å². The Bertz CT molecular complexity index is 8710. The number of benzene rings is 8. The zero-order chi connectivity index (χ0) is 93.4. The van der Waals surface area contributed by atoms with Gasteiger partial charge in [0.2, 0.25) is 24.8 Å². The largest absolute Gasteiger partial charge is 2.00 e. The molecule has 0 spiro atoms. The van der Waals surface area contributed by atoms with Gasteiger partial charge in [-0.1, -0.05) is 97.1 Å². The number of pyridine rings is 8. The summed E-state index contributed by atoms with van der Waals surface area (Å²) in [6.45, 7) is 0. The van der Waals surface area contributed by atoms with Crippen LogP contribution in [0, 0.1) is 0 Å². The normalized spacial score (nSPS) is 11.1. The molecule has 0 fully saturated rings. The van der Waals surface area contributed by atoms with Crippen LogP contribution in [0.25, 0.3) is 179 Å². The zero-order valence-corrected chi connectivity index (χ0v) is 91.8. The summed E-state index contributed by atoms with van der Waals surface area (Å²) in [5, 5.41) is 5.02. The third kappa shape index (κ3) is 19.3. The van der Waals surface area contributed by atoms with Crippen LogP contribution in [0.3, 0.4) is 0 Å². The van der Waals surface area contributed by atoms with E-state index < -0.39 is 0 Å². The zero-order valence-electron chi connectivity index (χ0n) is 77.3. The molecule has 146 heavy (non-hydrogen) atoms. The van der Waals surface area contributed by atoms with Gasteiger partial charge < -0.3 is 194 Å². The van der Waals surface area contributed by atoms with Gasteiger partial charge in [-0.3, -0.25) is 19.9 Å². The molecular formula is C108H68I4N24O8Zn2. The average molecular weight is 2470 g/mol. The molecule has 0 amide bonds. The van der Waals surface area contributed by atoms with E-state index in [0.29, 0.717) is 271 Å². The molecular weight excluding hydrogens is 2400 g/mol. The first-order chi connectivity index (χ1) is 68.9. The second-order valence-corrected chi connectivity index (χ2v) is 32.8. The van der Waals surface area contributed by atoms with Gasteiger partial charge in [0.25, 0.3) is 0 Å². The first kappa shape index (κ1) is 99.0. The maximum atomic E-state index is 6.65. The summed E-state index contributed by atoms with van der Waals surface area (Å²) in [5.74, 6) is 11.1. The van der Waals surface area contributed by atoms with Gasteiger partial charge in [-0.05, 0) is 143 Å². The monoisotopic (exact) mass is 2460 g/mol. The van der Waals surface area contributed by atoms with Crippen molar-refractivity contribution in [3.63, 3.8) is 0 Å². The van der Waals surface area contributed by atoms with Gasteiger partial charge in [0.05, 0.1) is 93.6 Å². The summed E-state index contributed by atoms with van der Waals surface area (Å²) in [6, 6.07) is 75.3. The van der Waals surface area contributed by atoms with Gasteiger partial charge in [0.15, 0.2) is 47.8 Å². The van der Waals surface area contributed by atoms with Crippen molar-refractivity contribution in [1.29, 1.82) is 0 Å². The molecule has 0 atom stereocenters. The Labute approximate surface area is 923 Å². The third-order valence-corrected chi connectivity index (χ3v) is 23.3. The van der Waals surface area contributed by atoms with E-state index in [-0.39, 0.29) is 135 Å². The van der Waals surface area contributed by atoms with E-state index in [2.05, 4.69) is 19.9 Å². The number of halogens is 4. The quantitative estimate of drug-likeness (QED) is 0.0513. The Balaban J connectivity index is 0.000000177. The molecule has 0 saturated heterocycles. The van der Waals surface area contributed by atoms with Gasteiger partial charge >= 0.3 is 39.0 Å². The van der Waals surface area contributed by atoms with Crippen LogP contribution in [0.1, 0.15) is 0 Å². The van der Waals surface area contributed by atoms with E-state index in [9.17, 15) is 0 Å².